The second-order valence-corrected chi connectivity index (χ2v) is 21.4. The van der Waals surface area contributed by atoms with E-state index < -0.39 is 6.10 Å². The third-order valence-electron chi connectivity index (χ3n) is 14.3. The minimum absolute atomic E-state index is 0.0648. The minimum Gasteiger partial charge on any atom is -0.462 e. The van der Waals surface area contributed by atoms with Gasteiger partial charge >= 0.3 is 17.9 Å². The molecule has 3 unspecified atom stereocenters. The van der Waals surface area contributed by atoms with Crippen molar-refractivity contribution < 1.29 is 28.6 Å². The van der Waals surface area contributed by atoms with Gasteiger partial charge in [-0.1, -0.05) is 292 Å². The lowest BCUT2D eigenvalue weighted by atomic mass is 9.96. The normalized spacial score (nSPS) is 13.4. The Morgan fingerprint density at radius 3 is 0.758 bits per heavy atom. The van der Waals surface area contributed by atoms with Crippen LogP contribution in [0.1, 0.15) is 330 Å². The highest BCUT2D eigenvalue weighted by Crippen LogP contribution is 2.21. The molecule has 66 heavy (non-hydrogen) atoms. The maximum absolute atomic E-state index is 12.9. The Hall–Kier alpha value is -1.59. The average Bonchev–Trinajstić information content (AvgIpc) is 3.30. The molecule has 0 N–H and O–H groups in total. The zero-order valence-electron chi connectivity index (χ0n) is 45.5. The lowest BCUT2D eigenvalue weighted by Crippen LogP contribution is -2.30. The Balaban J connectivity index is 4.41. The third kappa shape index (κ3) is 48.9. The van der Waals surface area contributed by atoms with E-state index in [2.05, 4.69) is 41.5 Å². The largest absolute Gasteiger partial charge is 0.462 e. The number of esters is 3. The van der Waals surface area contributed by atoms with E-state index in [0.717, 1.165) is 75.5 Å². The van der Waals surface area contributed by atoms with Crippen LogP contribution in [-0.2, 0) is 28.6 Å². The second kappa shape index (κ2) is 51.3. The quantitative estimate of drug-likeness (QED) is 0.0343. The molecule has 0 bridgehead atoms. The van der Waals surface area contributed by atoms with E-state index in [9.17, 15) is 14.4 Å². The fourth-order valence-electron chi connectivity index (χ4n) is 9.54. The number of rotatable bonds is 53. The molecule has 3 atom stereocenters. The zero-order valence-corrected chi connectivity index (χ0v) is 45.5. The lowest BCUT2D eigenvalue weighted by Gasteiger charge is -2.18. The molecule has 6 heteroatoms. The van der Waals surface area contributed by atoms with E-state index in [1.54, 1.807) is 0 Å². The zero-order chi connectivity index (χ0) is 48.4. The number of ether oxygens (including phenoxy) is 3. The van der Waals surface area contributed by atoms with E-state index in [0.29, 0.717) is 19.3 Å². The van der Waals surface area contributed by atoms with Crippen LogP contribution in [0.5, 0.6) is 0 Å². The summed E-state index contributed by atoms with van der Waals surface area (Å²) in [5, 5.41) is 0. The van der Waals surface area contributed by atoms with Crippen molar-refractivity contribution in [3.63, 3.8) is 0 Å². The van der Waals surface area contributed by atoms with Crippen LogP contribution >= 0.6 is 0 Å². The van der Waals surface area contributed by atoms with Crippen molar-refractivity contribution in [1.29, 1.82) is 0 Å². The maximum Gasteiger partial charge on any atom is 0.306 e. The predicted molar refractivity (Wildman–Crippen MR) is 284 cm³/mol. The standard InChI is InChI=1S/C60H116O6/c1-7-10-13-34-43-54(4)46-37-28-22-16-19-25-31-40-49-58(61)64-52-57(66-60(63)51-42-33-27-21-18-24-30-39-48-56(6)45-36-15-12-9-3)53-65-59(62)50-41-32-26-20-17-23-29-38-47-55(5)44-35-14-11-8-2/h54-57H,7-53H2,1-6H3. The highest BCUT2D eigenvalue weighted by Gasteiger charge is 2.20. The van der Waals surface area contributed by atoms with Gasteiger partial charge in [0, 0.05) is 19.3 Å². The van der Waals surface area contributed by atoms with E-state index in [1.807, 2.05) is 0 Å². The van der Waals surface area contributed by atoms with Crippen molar-refractivity contribution in [2.75, 3.05) is 13.2 Å². The Bertz CT molecular complexity index is 975. The van der Waals surface area contributed by atoms with Crippen LogP contribution in [0.15, 0.2) is 0 Å². The fraction of sp³-hybridized carbons (Fsp3) is 0.950. The van der Waals surface area contributed by atoms with Crippen LogP contribution in [0.4, 0.5) is 0 Å². The van der Waals surface area contributed by atoms with Crippen LogP contribution in [-0.4, -0.2) is 37.2 Å². The summed E-state index contributed by atoms with van der Waals surface area (Å²) >= 11 is 0. The molecule has 0 aliphatic heterocycles. The smallest absolute Gasteiger partial charge is 0.306 e. The summed E-state index contributed by atoms with van der Waals surface area (Å²) in [6, 6.07) is 0. The highest BCUT2D eigenvalue weighted by atomic mass is 16.6. The van der Waals surface area contributed by atoms with Crippen LogP contribution < -0.4 is 0 Å². The first-order valence-electron chi connectivity index (χ1n) is 29.7. The summed E-state index contributed by atoms with van der Waals surface area (Å²) in [4.78, 5) is 38.3. The molecule has 0 amide bonds. The Labute approximate surface area is 412 Å². The molecule has 392 valence electrons. The Morgan fingerprint density at radius 2 is 0.500 bits per heavy atom. The molecule has 6 nitrogen and oxygen atoms in total. The summed E-state index contributed by atoms with van der Waals surface area (Å²) < 4.78 is 16.9. The first kappa shape index (κ1) is 64.4. The number of carbonyl (C=O) groups is 3. The van der Waals surface area contributed by atoms with Gasteiger partial charge in [-0.15, -0.1) is 0 Å². The molecular weight excluding hydrogens is 817 g/mol. The maximum atomic E-state index is 12.9. The summed E-state index contributed by atoms with van der Waals surface area (Å²) in [7, 11) is 0. The van der Waals surface area contributed by atoms with Crippen molar-refractivity contribution in [2.24, 2.45) is 17.8 Å². The van der Waals surface area contributed by atoms with Gasteiger partial charge < -0.3 is 14.2 Å². The van der Waals surface area contributed by atoms with Gasteiger partial charge in [0.1, 0.15) is 13.2 Å². The lowest BCUT2D eigenvalue weighted by molar-refractivity contribution is -0.167. The summed E-state index contributed by atoms with van der Waals surface area (Å²) in [5.74, 6) is 1.76. The number of hydrogen-bond acceptors (Lipinski definition) is 6. The second-order valence-electron chi connectivity index (χ2n) is 21.4. The molecule has 0 saturated heterocycles. The van der Waals surface area contributed by atoms with Gasteiger partial charge in [-0.05, 0) is 37.0 Å². The van der Waals surface area contributed by atoms with Crippen LogP contribution in [0.3, 0.4) is 0 Å². The molecule has 0 spiro atoms. The Kier molecular flexibility index (Phi) is 50.0. The van der Waals surface area contributed by atoms with Crippen molar-refractivity contribution in [3.8, 4) is 0 Å². The van der Waals surface area contributed by atoms with Gasteiger partial charge in [-0.3, -0.25) is 14.4 Å². The molecule has 0 aromatic rings. The van der Waals surface area contributed by atoms with Gasteiger partial charge in [0.15, 0.2) is 6.10 Å². The van der Waals surface area contributed by atoms with Gasteiger partial charge in [-0.2, -0.15) is 0 Å². The third-order valence-corrected chi connectivity index (χ3v) is 14.3. The summed E-state index contributed by atoms with van der Waals surface area (Å²) in [6.07, 6.45) is 53.4. The molecule has 0 heterocycles. The fourth-order valence-corrected chi connectivity index (χ4v) is 9.54. The van der Waals surface area contributed by atoms with E-state index >= 15 is 0 Å². The molecule has 0 saturated carbocycles. The molecule has 0 rings (SSSR count). The van der Waals surface area contributed by atoms with Crippen molar-refractivity contribution in [2.45, 2.75) is 337 Å². The summed E-state index contributed by atoms with van der Waals surface area (Å²) in [6.45, 7) is 14.0. The van der Waals surface area contributed by atoms with E-state index in [-0.39, 0.29) is 31.1 Å². The molecule has 0 fully saturated rings. The number of unbranched alkanes of at least 4 members (excludes halogenated alkanes) is 30. The van der Waals surface area contributed by atoms with Gasteiger partial charge in [-0.25, -0.2) is 0 Å². The predicted octanol–water partition coefficient (Wildman–Crippen LogP) is 19.5. The first-order valence-corrected chi connectivity index (χ1v) is 29.7. The van der Waals surface area contributed by atoms with E-state index in [4.69, 9.17) is 14.2 Å². The SMILES string of the molecule is CCCCCCC(C)CCCCCCCCCCC(=O)OCC(COC(=O)CCCCCCCCCCC(C)CCCCCC)OC(=O)CCCCCCCCCCC(C)CCCCCC. The number of hydrogen-bond donors (Lipinski definition) is 0. The first-order chi connectivity index (χ1) is 32.2. The molecule has 0 radical (unpaired) electrons. The molecule has 0 aromatic carbocycles. The van der Waals surface area contributed by atoms with Gasteiger partial charge in [0.25, 0.3) is 0 Å². The number of carbonyl (C=O) groups excluding carboxylic acids is 3. The van der Waals surface area contributed by atoms with E-state index in [1.165, 1.54) is 212 Å². The molecule has 0 aliphatic rings. The van der Waals surface area contributed by atoms with Crippen LogP contribution in [0, 0.1) is 17.8 Å². The molecule has 0 aliphatic carbocycles. The van der Waals surface area contributed by atoms with Crippen LogP contribution in [0.2, 0.25) is 0 Å². The Morgan fingerprint density at radius 1 is 0.288 bits per heavy atom. The topological polar surface area (TPSA) is 78.9 Å². The highest BCUT2D eigenvalue weighted by molar-refractivity contribution is 5.71. The van der Waals surface area contributed by atoms with Crippen LogP contribution in [0.25, 0.3) is 0 Å². The minimum atomic E-state index is -0.766. The van der Waals surface area contributed by atoms with Crippen molar-refractivity contribution >= 4 is 17.9 Å². The van der Waals surface area contributed by atoms with Crippen molar-refractivity contribution in [1.82, 2.24) is 0 Å². The molecular formula is C60H116O6. The molecule has 0 aromatic heterocycles. The average molecular weight is 934 g/mol. The van der Waals surface area contributed by atoms with Crippen molar-refractivity contribution in [3.05, 3.63) is 0 Å². The summed E-state index contributed by atoms with van der Waals surface area (Å²) in [5.41, 5.74) is 0. The van der Waals surface area contributed by atoms with Gasteiger partial charge in [0.05, 0.1) is 0 Å². The van der Waals surface area contributed by atoms with Gasteiger partial charge in [0.2, 0.25) is 0 Å². The monoisotopic (exact) mass is 933 g/mol.